The van der Waals surface area contributed by atoms with Gasteiger partial charge in [-0.05, 0) is 43.3 Å². The summed E-state index contributed by atoms with van der Waals surface area (Å²) in [6.45, 7) is 2.19. The van der Waals surface area contributed by atoms with Crippen LogP contribution in [0.2, 0.25) is 0 Å². The Morgan fingerprint density at radius 2 is 1.86 bits per heavy atom. The molecule has 1 aliphatic heterocycles. The summed E-state index contributed by atoms with van der Waals surface area (Å²) >= 11 is 0. The molecular formula is C21H21N3O4. The van der Waals surface area contributed by atoms with Gasteiger partial charge in [-0.15, -0.1) is 0 Å². The first-order valence-electron chi connectivity index (χ1n) is 9.02. The molecule has 0 bridgehead atoms. The van der Waals surface area contributed by atoms with E-state index >= 15 is 0 Å². The van der Waals surface area contributed by atoms with Crippen LogP contribution >= 0.6 is 0 Å². The number of amides is 1. The normalized spacial score (nSPS) is 17.8. The van der Waals surface area contributed by atoms with Crippen molar-refractivity contribution in [3.05, 3.63) is 66.7 Å². The average molecular weight is 379 g/mol. The SMILES string of the molecule is C[C@@H]1Oc2ccccc2O[C@@H]1C(=O)Nc1ccc(OCc2nccn2C)cc1. The van der Waals surface area contributed by atoms with Gasteiger partial charge in [-0.25, -0.2) is 4.98 Å². The quantitative estimate of drug-likeness (QED) is 0.737. The molecule has 0 fully saturated rings. The van der Waals surface area contributed by atoms with Crippen molar-refractivity contribution in [3.63, 3.8) is 0 Å². The maximum absolute atomic E-state index is 12.6. The third-order valence-corrected chi connectivity index (χ3v) is 4.51. The van der Waals surface area contributed by atoms with Gasteiger partial charge in [-0.2, -0.15) is 0 Å². The van der Waals surface area contributed by atoms with E-state index in [1.54, 1.807) is 36.5 Å². The van der Waals surface area contributed by atoms with Crippen molar-refractivity contribution in [2.45, 2.75) is 25.7 Å². The summed E-state index contributed by atoms with van der Waals surface area (Å²) in [6, 6.07) is 14.5. The second-order valence-corrected chi connectivity index (χ2v) is 6.56. The molecule has 7 nitrogen and oxygen atoms in total. The number of para-hydroxylation sites is 2. The molecule has 2 heterocycles. The minimum Gasteiger partial charge on any atom is -0.486 e. The number of aryl methyl sites for hydroxylation is 1. The monoisotopic (exact) mass is 379 g/mol. The number of benzene rings is 2. The Morgan fingerprint density at radius 1 is 1.14 bits per heavy atom. The van der Waals surface area contributed by atoms with Crippen LogP contribution in [0.5, 0.6) is 17.2 Å². The van der Waals surface area contributed by atoms with Gasteiger partial charge in [0.25, 0.3) is 5.91 Å². The zero-order chi connectivity index (χ0) is 19.5. The van der Waals surface area contributed by atoms with Crippen LogP contribution in [-0.2, 0) is 18.4 Å². The van der Waals surface area contributed by atoms with E-state index in [1.807, 2.05) is 42.9 Å². The molecule has 4 rings (SSSR count). The highest BCUT2D eigenvalue weighted by Crippen LogP contribution is 2.33. The van der Waals surface area contributed by atoms with Crippen molar-refractivity contribution in [3.8, 4) is 17.2 Å². The smallest absolute Gasteiger partial charge is 0.269 e. The van der Waals surface area contributed by atoms with Crippen molar-refractivity contribution in [2.75, 3.05) is 5.32 Å². The number of carbonyl (C=O) groups excluding carboxylic acids is 1. The minimum absolute atomic E-state index is 0.260. The molecule has 1 aliphatic rings. The lowest BCUT2D eigenvalue weighted by Crippen LogP contribution is -2.46. The summed E-state index contributed by atoms with van der Waals surface area (Å²) in [5, 5.41) is 2.86. The van der Waals surface area contributed by atoms with E-state index in [2.05, 4.69) is 10.3 Å². The molecule has 1 amide bonds. The van der Waals surface area contributed by atoms with Crippen molar-refractivity contribution in [1.82, 2.24) is 9.55 Å². The second-order valence-electron chi connectivity index (χ2n) is 6.56. The average Bonchev–Trinajstić information content (AvgIpc) is 3.11. The minimum atomic E-state index is -0.728. The first kappa shape index (κ1) is 17.9. The molecule has 7 heteroatoms. The number of anilines is 1. The van der Waals surface area contributed by atoms with Crippen LogP contribution in [0.25, 0.3) is 0 Å². The van der Waals surface area contributed by atoms with Gasteiger partial charge in [0.1, 0.15) is 24.3 Å². The molecule has 2 aromatic carbocycles. The number of fused-ring (bicyclic) bond motifs is 1. The summed E-state index contributed by atoms with van der Waals surface area (Å²) in [5.74, 6) is 2.48. The standard InChI is InChI=1S/C21H21N3O4/c1-14-20(28-18-6-4-3-5-17(18)27-14)21(25)23-15-7-9-16(10-8-15)26-13-19-22-11-12-24(19)2/h3-12,14,20H,13H2,1-2H3,(H,23,25)/t14-,20-/m0/s1. The molecule has 0 saturated heterocycles. The molecule has 1 N–H and O–H groups in total. The van der Waals surface area contributed by atoms with E-state index in [0.717, 1.165) is 5.82 Å². The first-order valence-corrected chi connectivity index (χ1v) is 9.02. The summed E-state index contributed by atoms with van der Waals surface area (Å²) in [7, 11) is 1.92. The summed E-state index contributed by atoms with van der Waals surface area (Å²) < 4.78 is 19.2. The van der Waals surface area contributed by atoms with Crippen molar-refractivity contribution in [1.29, 1.82) is 0 Å². The molecule has 2 atom stereocenters. The number of carbonyl (C=O) groups is 1. The topological polar surface area (TPSA) is 74.6 Å². The fourth-order valence-electron chi connectivity index (χ4n) is 2.94. The largest absolute Gasteiger partial charge is 0.486 e. The lowest BCUT2D eigenvalue weighted by Gasteiger charge is -2.31. The third kappa shape index (κ3) is 3.78. The molecule has 144 valence electrons. The van der Waals surface area contributed by atoms with Crippen molar-refractivity contribution < 1.29 is 19.0 Å². The maximum atomic E-state index is 12.6. The van der Waals surface area contributed by atoms with Crippen LogP contribution in [0, 0.1) is 0 Å². The zero-order valence-corrected chi connectivity index (χ0v) is 15.7. The van der Waals surface area contributed by atoms with Gasteiger partial charge in [0, 0.05) is 25.1 Å². The molecule has 0 spiro atoms. The van der Waals surface area contributed by atoms with E-state index in [9.17, 15) is 4.79 Å². The highest BCUT2D eigenvalue weighted by Gasteiger charge is 2.34. The maximum Gasteiger partial charge on any atom is 0.269 e. The number of imidazole rings is 1. The first-order chi connectivity index (χ1) is 13.6. The molecular weight excluding hydrogens is 358 g/mol. The number of aromatic nitrogens is 2. The van der Waals surface area contributed by atoms with Crippen molar-refractivity contribution in [2.24, 2.45) is 7.05 Å². The molecule has 28 heavy (non-hydrogen) atoms. The Balaban J connectivity index is 1.36. The van der Waals surface area contributed by atoms with Gasteiger partial charge < -0.3 is 24.1 Å². The van der Waals surface area contributed by atoms with Crippen LogP contribution in [0.4, 0.5) is 5.69 Å². The van der Waals surface area contributed by atoms with Crippen LogP contribution < -0.4 is 19.5 Å². The van der Waals surface area contributed by atoms with Gasteiger partial charge in [0.05, 0.1) is 0 Å². The highest BCUT2D eigenvalue weighted by atomic mass is 16.6. The number of nitrogens with one attached hydrogen (secondary N) is 1. The van der Waals surface area contributed by atoms with Gasteiger partial charge in [-0.3, -0.25) is 4.79 Å². The highest BCUT2D eigenvalue weighted by molar-refractivity contribution is 5.95. The number of hydrogen-bond donors (Lipinski definition) is 1. The fourth-order valence-corrected chi connectivity index (χ4v) is 2.94. The van der Waals surface area contributed by atoms with Gasteiger partial charge in [-0.1, -0.05) is 12.1 Å². The zero-order valence-electron chi connectivity index (χ0n) is 15.7. The van der Waals surface area contributed by atoms with Crippen LogP contribution in [0.15, 0.2) is 60.9 Å². The predicted octanol–water partition coefficient (Wildman–Crippen LogP) is 3.17. The van der Waals surface area contributed by atoms with Crippen LogP contribution in [-0.4, -0.2) is 27.7 Å². The second kappa shape index (κ2) is 7.64. The lowest BCUT2D eigenvalue weighted by molar-refractivity contribution is -0.128. The molecule has 0 aliphatic carbocycles. The van der Waals surface area contributed by atoms with E-state index < -0.39 is 12.2 Å². The Kier molecular flexibility index (Phi) is 4.89. The summed E-state index contributed by atoms with van der Waals surface area (Å²) in [6.07, 6.45) is 2.48. The van der Waals surface area contributed by atoms with Crippen molar-refractivity contribution >= 4 is 11.6 Å². The Bertz CT molecular complexity index is 968. The van der Waals surface area contributed by atoms with Crippen LogP contribution in [0.1, 0.15) is 12.7 Å². The Hall–Kier alpha value is -3.48. The molecule has 0 saturated carbocycles. The number of nitrogens with zero attached hydrogens (tertiary/aromatic N) is 2. The fraction of sp³-hybridized carbons (Fsp3) is 0.238. The predicted molar refractivity (Wildman–Crippen MR) is 104 cm³/mol. The summed E-state index contributed by atoms with van der Waals surface area (Å²) in [4.78, 5) is 16.9. The Morgan fingerprint density at radius 3 is 2.54 bits per heavy atom. The van der Waals surface area contributed by atoms with E-state index in [-0.39, 0.29) is 5.91 Å². The number of ether oxygens (including phenoxy) is 3. The molecule has 3 aromatic rings. The van der Waals surface area contributed by atoms with Gasteiger partial charge >= 0.3 is 0 Å². The third-order valence-electron chi connectivity index (χ3n) is 4.51. The lowest BCUT2D eigenvalue weighted by atomic mass is 10.1. The van der Waals surface area contributed by atoms with E-state index in [0.29, 0.717) is 29.5 Å². The van der Waals surface area contributed by atoms with E-state index in [4.69, 9.17) is 14.2 Å². The van der Waals surface area contributed by atoms with Crippen LogP contribution in [0.3, 0.4) is 0 Å². The number of hydrogen-bond acceptors (Lipinski definition) is 5. The molecule has 0 unspecified atom stereocenters. The molecule has 1 aromatic heterocycles. The number of rotatable bonds is 5. The van der Waals surface area contributed by atoms with Gasteiger partial charge in [0.15, 0.2) is 11.5 Å². The summed E-state index contributed by atoms with van der Waals surface area (Å²) in [5.41, 5.74) is 0.656. The molecule has 0 radical (unpaired) electrons. The Labute approximate surface area is 162 Å². The van der Waals surface area contributed by atoms with E-state index in [1.165, 1.54) is 0 Å². The van der Waals surface area contributed by atoms with Gasteiger partial charge in [0.2, 0.25) is 6.10 Å².